The first-order valence-electron chi connectivity index (χ1n) is 10.0. The van der Waals surface area contributed by atoms with E-state index in [1.54, 1.807) is 6.07 Å². The number of rotatable bonds is 5. The number of hydrogen-bond acceptors (Lipinski definition) is 4. The van der Waals surface area contributed by atoms with Crippen LogP contribution in [-0.4, -0.2) is 33.5 Å². The lowest BCUT2D eigenvalue weighted by atomic mass is 9.51. The number of hydrogen-bond donors (Lipinski definition) is 4. The summed E-state index contributed by atoms with van der Waals surface area (Å²) in [5.41, 5.74) is 0.594. The van der Waals surface area contributed by atoms with Crippen molar-refractivity contribution in [3.8, 4) is 11.5 Å². The molecule has 138 valence electrons. The molecule has 1 aromatic carbocycles. The second kappa shape index (κ2) is 6.17. The van der Waals surface area contributed by atoms with Crippen LogP contribution in [0.25, 0.3) is 0 Å². The molecule has 4 nitrogen and oxygen atoms in total. The highest BCUT2D eigenvalue weighted by Gasteiger charge is 2.60. The summed E-state index contributed by atoms with van der Waals surface area (Å²) in [6.07, 6.45) is 8.84. The van der Waals surface area contributed by atoms with E-state index in [1.807, 2.05) is 6.07 Å². The summed E-state index contributed by atoms with van der Waals surface area (Å²) in [4.78, 5) is 0. The van der Waals surface area contributed by atoms with Gasteiger partial charge in [-0.05, 0) is 62.6 Å². The fourth-order valence-corrected chi connectivity index (χ4v) is 5.61. The third-order valence-corrected chi connectivity index (χ3v) is 6.99. The third-order valence-electron chi connectivity index (χ3n) is 6.99. The fraction of sp³-hybridized carbons (Fsp3) is 0.714. The van der Waals surface area contributed by atoms with Gasteiger partial charge in [0.1, 0.15) is 0 Å². The largest absolute Gasteiger partial charge is 0.504 e. The minimum Gasteiger partial charge on any atom is -0.504 e. The zero-order valence-electron chi connectivity index (χ0n) is 15.2. The van der Waals surface area contributed by atoms with Crippen LogP contribution in [0.2, 0.25) is 0 Å². The quantitative estimate of drug-likeness (QED) is 0.618. The molecule has 0 amide bonds. The summed E-state index contributed by atoms with van der Waals surface area (Å²) < 4.78 is 0. The van der Waals surface area contributed by atoms with Crippen LogP contribution in [0.3, 0.4) is 0 Å². The monoisotopic (exact) mass is 345 g/mol. The average molecular weight is 345 g/mol. The number of benzene rings is 1. The molecule has 0 aliphatic heterocycles. The molecule has 1 aromatic rings. The van der Waals surface area contributed by atoms with Crippen LogP contribution >= 0.6 is 0 Å². The molecule has 0 bridgehead atoms. The van der Waals surface area contributed by atoms with Gasteiger partial charge in [-0.15, -0.1) is 0 Å². The highest BCUT2D eigenvalue weighted by molar-refractivity contribution is 5.57. The van der Waals surface area contributed by atoms with E-state index < -0.39 is 11.0 Å². The summed E-state index contributed by atoms with van der Waals surface area (Å²) in [5, 5.41) is 36.5. The van der Waals surface area contributed by atoms with Crippen molar-refractivity contribution in [1.29, 1.82) is 0 Å². The van der Waals surface area contributed by atoms with Gasteiger partial charge < -0.3 is 20.6 Å². The van der Waals surface area contributed by atoms with Crippen LogP contribution in [0.1, 0.15) is 69.4 Å². The summed E-state index contributed by atoms with van der Waals surface area (Å²) >= 11 is 0. The van der Waals surface area contributed by atoms with Crippen LogP contribution in [0, 0.1) is 5.92 Å². The van der Waals surface area contributed by atoms with Gasteiger partial charge >= 0.3 is 0 Å². The Morgan fingerprint density at radius 1 is 1.16 bits per heavy atom. The van der Waals surface area contributed by atoms with Crippen molar-refractivity contribution in [3.63, 3.8) is 0 Å². The Bertz CT molecular complexity index is 653. The first-order chi connectivity index (χ1) is 12.0. The van der Waals surface area contributed by atoms with E-state index in [2.05, 4.69) is 12.2 Å². The van der Waals surface area contributed by atoms with Crippen molar-refractivity contribution in [3.05, 3.63) is 23.3 Å². The highest BCUT2D eigenvalue weighted by Crippen LogP contribution is 2.58. The van der Waals surface area contributed by atoms with Gasteiger partial charge in [0.05, 0.1) is 5.60 Å². The van der Waals surface area contributed by atoms with Crippen molar-refractivity contribution in [1.82, 2.24) is 5.32 Å². The topological polar surface area (TPSA) is 72.7 Å². The molecule has 2 saturated carbocycles. The van der Waals surface area contributed by atoms with Gasteiger partial charge in [-0.1, -0.05) is 32.3 Å². The van der Waals surface area contributed by atoms with Crippen molar-refractivity contribution in [2.24, 2.45) is 5.92 Å². The van der Waals surface area contributed by atoms with Crippen molar-refractivity contribution in [2.75, 3.05) is 6.54 Å². The molecule has 0 saturated heterocycles. The summed E-state index contributed by atoms with van der Waals surface area (Å²) in [6.45, 7) is 3.12. The van der Waals surface area contributed by atoms with Crippen LogP contribution in [0.5, 0.6) is 11.5 Å². The van der Waals surface area contributed by atoms with Crippen LogP contribution in [0.15, 0.2) is 12.1 Å². The molecule has 2 fully saturated rings. The molecule has 3 aliphatic rings. The normalized spacial score (nSPS) is 34.4. The van der Waals surface area contributed by atoms with Crippen molar-refractivity contribution >= 4 is 0 Å². The minimum absolute atomic E-state index is 0.00748. The van der Waals surface area contributed by atoms with Gasteiger partial charge in [0, 0.05) is 17.0 Å². The Labute approximate surface area is 150 Å². The van der Waals surface area contributed by atoms with E-state index in [-0.39, 0.29) is 17.5 Å². The smallest absolute Gasteiger partial charge is 0.161 e. The summed E-state index contributed by atoms with van der Waals surface area (Å²) in [6, 6.07) is 3.57. The van der Waals surface area contributed by atoms with E-state index in [4.69, 9.17) is 0 Å². The Morgan fingerprint density at radius 3 is 2.64 bits per heavy atom. The molecule has 0 radical (unpaired) electrons. The van der Waals surface area contributed by atoms with E-state index in [9.17, 15) is 15.3 Å². The molecule has 4 rings (SSSR count). The molecular weight excluding hydrogens is 314 g/mol. The molecule has 4 N–H and O–H groups in total. The molecule has 3 aliphatic carbocycles. The van der Waals surface area contributed by atoms with E-state index in [0.29, 0.717) is 0 Å². The van der Waals surface area contributed by atoms with E-state index >= 15 is 0 Å². The van der Waals surface area contributed by atoms with Gasteiger partial charge in [-0.3, -0.25) is 0 Å². The second-order valence-electron chi connectivity index (χ2n) is 8.54. The lowest BCUT2D eigenvalue weighted by Gasteiger charge is -2.58. The van der Waals surface area contributed by atoms with Gasteiger partial charge in [0.15, 0.2) is 11.5 Å². The van der Waals surface area contributed by atoms with E-state index in [0.717, 1.165) is 68.5 Å². The molecule has 0 spiro atoms. The standard InChI is InChI=1S/C21H31NO3/c1-2-9-20-10-3-4-11-21(20,25)17(22-13-14-5-6-14)12-15-7-8-16(23)19(24)18(15)20/h7-8,14,17,22-25H,2-6,9-13H2,1H3. The maximum absolute atomic E-state index is 12.0. The van der Waals surface area contributed by atoms with Gasteiger partial charge in [0.25, 0.3) is 0 Å². The Hall–Kier alpha value is -1.26. The van der Waals surface area contributed by atoms with Gasteiger partial charge in [-0.25, -0.2) is 0 Å². The molecule has 3 atom stereocenters. The summed E-state index contributed by atoms with van der Waals surface area (Å²) in [5.74, 6) is 0.695. The number of aromatic hydroxyl groups is 2. The Balaban J connectivity index is 1.83. The number of phenolic OH excluding ortho intramolecular Hbond substituents is 2. The maximum Gasteiger partial charge on any atom is 0.161 e. The Kier molecular flexibility index (Phi) is 4.24. The van der Waals surface area contributed by atoms with Gasteiger partial charge in [-0.2, -0.15) is 0 Å². The second-order valence-corrected chi connectivity index (χ2v) is 8.54. The lowest BCUT2D eigenvalue weighted by molar-refractivity contribution is -0.109. The average Bonchev–Trinajstić information content (AvgIpc) is 3.41. The molecule has 25 heavy (non-hydrogen) atoms. The molecule has 0 aromatic heterocycles. The van der Waals surface area contributed by atoms with Crippen molar-refractivity contribution < 1.29 is 15.3 Å². The van der Waals surface area contributed by atoms with Crippen LogP contribution in [0.4, 0.5) is 0 Å². The predicted octanol–water partition coefficient (Wildman–Crippen LogP) is 3.37. The first-order valence-corrected chi connectivity index (χ1v) is 10.0. The number of phenols is 2. The minimum atomic E-state index is -0.853. The molecule has 3 unspecified atom stereocenters. The maximum atomic E-state index is 12.0. The number of nitrogens with one attached hydrogen (secondary N) is 1. The zero-order valence-corrected chi connectivity index (χ0v) is 15.2. The number of aliphatic hydroxyl groups is 1. The molecule has 4 heteroatoms. The number of fused-ring (bicyclic) bond motifs is 3. The molecule has 0 heterocycles. The van der Waals surface area contributed by atoms with Crippen LogP contribution < -0.4 is 5.32 Å². The molecular formula is C21H31NO3. The van der Waals surface area contributed by atoms with Crippen LogP contribution in [-0.2, 0) is 11.8 Å². The van der Waals surface area contributed by atoms with E-state index in [1.165, 1.54) is 12.8 Å². The Morgan fingerprint density at radius 2 is 1.92 bits per heavy atom. The predicted molar refractivity (Wildman–Crippen MR) is 98.0 cm³/mol. The highest BCUT2D eigenvalue weighted by atomic mass is 16.3. The fourth-order valence-electron chi connectivity index (χ4n) is 5.61. The van der Waals surface area contributed by atoms with Crippen molar-refractivity contribution in [2.45, 2.75) is 81.8 Å². The SMILES string of the molecule is CCCC12CCCCC1(O)C(NCC1CC1)Cc1ccc(O)c(O)c12. The van der Waals surface area contributed by atoms with Gasteiger partial charge in [0.2, 0.25) is 0 Å². The first kappa shape index (κ1) is 17.2. The zero-order chi connectivity index (χ0) is 17.7. The third kappa shape index (κ3) is 2.57. The summed E-state index contributed by atoms with van der Waals surface area (Å²) in [7, 11) is 0. The lowest BCUT2D eigenvalue weighted by Crippen LogP contribution is -2.67.